The van der Waals surface area contributed by atoms with Crippen molar-refractivity contribution in [3.8, 4) is 11.5 Å². The normalized spacial score (nSPS) is 11.4. The first-order valence-corrected chi connectivity index (χ1v) is 10.8. The van der Waals surface area contributed by atoms with Crippen molar-refractivity contribution in [2.45, 2.75) is 13.5 Å². The highest BCUT2D eigenvalue weighted by molar-refractivity contribution is 6.31. The van der Waals surface area contributed by atoms with E-state index in [2.05, 4.69) is 15.5 Å². The van der Waals surface area contributed by atoms with Crippen molar-refractivity contribution in [1.29, 1.82) is 0 Å². The van der Waals surface area contributed by atoms with E-state index in [-0.39, 0.29) is 29.4 Å². The second-order valence-corrected chi connectivity index (χ2v) is 7.93. The van der Waals surface area contributed by atoms with Gasteiger partial charge < -0.3 is 9.84 Å². The topological polar surface area (TPSA) is 116 Å². The number of phenolic OH excluding ortho intramolecular Hbond substituents is 1. The van der Waals surface area contributed by atoms with E-state index in [9.17, 15) is 14.7 Å². The van der Waals surface area contributed by atoms with Gasteiger partial charge in [-0.15, -0.1) is 0 Å². The van der Waals surface area contributed by atoms with Crippen LogP contribution in [-0.4, -0.2) is 36.6 Å². The largest absolute Gasteiger partial charge is 0.504 e. The number of aryl methyl sites for hydroxylation is 1. The number of rotatable bonds is 7. The Kier molecular flexibility index (Phi) is 6.42. The fraction of sp³-hybridized carbons (Fsp3) is 0.217. The van der Waals surface area contributed by atoms with E-state index in [4.69, 9.17) is 16.3 Å². The zero-order chi connectivity index (χ0) is 24.4. The molecular formula is C23H23ClN6O4. The van der Waals surface area contributed by atoms with E-state index in [0.717, 1.165) is 10.1 Å². The van der Waals surface area contributed by atoms with Crippen molar-refractivity contribution in [1.82, 2.24) is 18.7 Å². The lowest BCUT2D eigenvalue weighted by Crippen LogP contribution is -2.37. The minimum atomic E-state index is -0.484. The third-order valence-corrected chi connectivity index (χ3v) is 5.66. The van der Waals surface area contributed by atoms with E-state index in [1.165, 1.54) is 23.9 Å². The van der Waals surface area contributed by atoms with Crippen molar-refractivity contribution in [3.63, 3.8) is 0 Å². The SMILES string of the molecule is CCOc1cc(/C=N/Nc2nc3c(c(=O)n(C)c(=O)n3C)n2Cc2ccccc2Cl)ccc1O. The van der Waals surface area contributed by atoms with Crippen LogP contribution in [0.25, 0.3) is 11.2 Å². The van der Waals surface area contributed by atoms with Crippen LogP contribution in [0.2, 0.25) is 5.02 Å². The van der Waals surface area contributed by atoms with Gasteiger partial charge in [0.25, 0.3) is 5.56 Å². The molecule has 2 aromatic carbocycles. The number of anilines is 1. The molecule has 11 heteroatoms. The minimum absolute atomic E-state index is 0.0326. The zero-order valence-electron chi connectivity index (χ0n) is 18.8. The number of benzene rings is 2. The quantitative estimate of drug-likeness (QED) is 0.309. The number of fused-ring (bicyclic) bond motifs is 1. The molecule has 0 bridgehead atoms. The summed E-state index contributed by atoms with van der Waals surface area (Å²) >= 11 is 6.36. The molecule has 0 radical (unpaired) electrons. The van der Waals surface area contributed by atoms with Crippen molar-refractivity contribution in [3.05, 3.63) is 79.5 Å². The van der Waals surface area contributed by atoms with Crippen molar-refractivity contribution in [2.24, 2.45) is 19.2 Å². The number of imidazole rings is 1. The zero-order valence-corrected chi connectivity index (χ0v) is 19.6. The minimum Gasteiger partial charge on any atom is -0.504 e. The Bertz CT molecular complexity index is 1520. The predicted molar refractivity (Wildman–Crippen MR) is 131 cm³/mol. The van der Waals surface area contributed by atoms with E-state index >= 15 is 0 Å². The molecule has 0 aliphatic carbocycles. The summed E-state index contributed by atoms with van der Waals surface area (Å²) in [6, 6.07) is 12.1. The second kappa shape index (κ2) is 9.44. The highest BCUT2D eigenvalue weighted by atomic mass is 35.5. The second-order valence-electron chi connectivity index (χ2n) is 7.52. The summed E-state index contributed by atoms with van der Waals surface area (Å²) in [7, 11) is 2.97. The van der Waals surface area contributed by atoms with Crippen LogP contribution in [0.15, 0.2) is 57.2 Å². The van der Waals surface area contributed by atoms with Crippen LogP contribution < -0.4 is 21.4 Å². The first kappa shape index (κ1) is 23.1. The van der Waals surface area contributed by atoms with Gasteiger partial charge in [0.05, 0.1) is 19.4 Å². The fourth-order valence-electron chi connectivity index (χ4n) is 3.53. The molecule has 0 atom stereocenters. The molecule has 4 aromatic rings. The smallest absolute Gasteiger partial charge is 0.332 e. The van der Waals surface area contributed by atoms with Crippen LogP contribution in [0, 0.1) is 0 Å². The van der Waals surface area contributed by atoms with E-state index in [1.807, 2.05) is 25.1 Å². The highest BCUT2D eigenvalue weighted by Gasteiger charge is 2.19. The molecule has 0 spiro atoms. The molecule has 10 nitrogen and oxygen atoms in total. The van der Waals surface area contributed by atoms with Gasteiger partial charge in [-0.05, 0) is 42.3 Å². The Labute approximate surface area is 199 Å². The van der Waals surface area contributed by atoms with Crippen LogP contribution in [0.4, 0.5) is 5.95 Å². The average molecular weight is 483 g/mol. The maximum Gasteiger partial charge on any atom is 0.332 e. The van der Waals surface area contributed by atoms with Gasteiger partial charge in [0, 0.05) is 19.1 Å². The lowest BCUT2D eigenvalue weighted by atomic mass is 10.2. The Morgan fingerprint density at radius 1 is 1.18 bits per heavy atom. The van der Waals surface area contributed by atoms with Gasteiger partial charge in [0.15, 0.2) is 22.7 Å². The fourth-order valence-corrected chi connectivity index (χ4v) is 3.72. The number of ether oxygens (including phenoxy) is 1. The monoisotopic (exact) mass is 482 g/mol. The van der Waals surface area contributed by atoms with Gasteiger partial charge >= 0.3 is 5.69 Å². The molecule has 0 saturated carbocycles. The number of aromatic hydroxyl groups is 1. The van der Waals surface area contributed by atoms with Gasteiger partial charge in [-0.2, -0.15) is 10.1 Å². The van der Waals surface area contributed by atoms with Crippen LogP contribution in [0.1, 0.15) is 18.1 Å². The first-order chi connectivity index (χ1) is 16.3. The first-order valence-electron chi connectivity index (χ1n) is 10.5. The average Bonchev–Trinajstić information content (AvgIpc) is 3.18. The standard InChI is InChI=1S/C23H23ClN6O4/c1-4-34-18-11-14(9-10-17(18)31)12-25-27-22-26-20-19(21(32)29(3)23(33)28(20)2)30(22)13-15-7-5-6-8-16(15)24/h5-12,31H,4,13H2,1-3H3,(H,26,27)/b25-12+. The number of nitrogens with one attached hydrogen (secondary N) is 1. The highest BCUT2D eigenvalue weighted by Crippen LogP contribution is 2.26. The third-order valence-electron chi connectivity index (χ3n) is 5.30. The number of aromatic nitrogens is 4. The van der Waals surface area contributed by atoms with Gasteiger partial charge in [0.2, 0.25) is 5.95 Å². The predicted octanol–water partition coefficient (Wildman–Crippen LogP) is 2.69. The molecule has 2 aromatic heterocycles. The molecule has 2 N–H and O–H groups in total. The molecule has 0 amide bonds. The number of nitrogens with zero attached hydrogens (tertiary/aromatic N) is 5. The summed E-state index contributed by atoms with van der Waals surface area (Å²) in [5, 5.41) is 14.7. The van der Waals surface area contributed by atoms with Crippen LogP contribution in [-0.2, 0) is 20.6 Å². The molecule has 0 saturated heterocycles. The van der Waals surface area contributed by atoms with Crippen LogP contribution in [0.5, 0.6) is 11.5 Å². The van der Waals surface area contributed by atoms with Crippen molar-refractivity contribution >= 4 is 34.9 Å². The Balaban J connectivity index is 1.78. The molecule has 0 aliphatic heterocycles. The maximum absolute atomic E-state index is 13.0. The molecular weight excluding hydrogens is 460 g/mol. The van der Waals surface area contributed by atoms with Gasteiger partial charge in [-0.3, -0.25) is 18.5 Å². The lowest BCUT2D eigenvalue weighted by molar-refractivity contribution is 0.318. The Morgan fingerprint density at radius 2 is 1.94 bits per heavy atom. The van der Waals surface area contributed by atoms with Crippen molar-refractivity contribution < 1.29 is 9.84 Å². The Hall–Kier alpha value is -4.05. The number of hydrogen-bond donors (Lipinski definition) is 2. The maximum atomic E-state index is 13.0. The van der Waals surface area contributed by atoms with E-state index in [0.29, 0.717) is 22.9 Å². The van der Waals surface area contributed by atoms with E-state index < -0.39 is 11.2 Å². The summed E-state index contributed by atoms with van der Waals surface area (Å²) in [6.45, 7) is 2.46. The van der Waals surface area contributed by atoms with Gasteiger partial charge in [-0.25, -0.2) is 10.2 Å². The summed E-state index contributed by atoms with van der Waals surface area (Å²) < 4.78 is 9.38. The number of hydrogen-bond acceptors (Lipinski definition) is 7. The lowest BCUT2D eigenvalue weighted by Gasteiger charge is -2.10. The molecule has 176 valence electrons. The summed E-state index contributed by atoms with van der Waals surface area (Å²) in [5.74, 6) is 0.634. The van der Waals surface area contributed by atoms with Gasteiger partial charge in [-0.1, -0.05) is 29.8 Å². The molecule has 2 heterocycles. The summed E-state index contributed by atoms with van der Waals surface area (Å²) in [6.07, 6.45) is 1.53. The molecule has 4 rings (SSSR count). The van der Waals surface area contributed by atoms with Crippen LogP contribution >= 0.6 is 11.6 Å². The van der Waals surface area contributed by atoms with Crippen molar-refractivity contribution in [2.75, 3.05) is 12.0 Å². The van der Waals surface area contributed by atoms with Gasteiger partial charge in [0.1, 0.15) is 0 Å². The van der Waals surface area contributed by atoms with E-state index in [1.54, 1.807) is 29.8 Å². The summed E-state index contributed by atoms with van der Waals surface area (Å²) in [5.41, 5.74) is 3.81. The molecule has 0 fully saturated rings. The number of phenols is 1. The Morgan fingerprint density at radius 3 is 2.68 bits per heavy atom. The third kappa shape index (κ3) is 4.27. The molecule has 34 heavy (non-hydrogen) atoms. The summed E-state index contributed by atoms with van der Waals surface area (Å²) in [4.78, 5) is 29.9. The molecule has 0 unspecified atom stereocenters. The number of halogens is 1. The number of hydrazone groups is 1. The molecule has 0 aliphatic rings. The van der Waals surface area contributed by atoms with Crippen LogP contribution in [0.3, 0.4) is 0 Å².